The quantitative estimate of drug-likeness (QED) is 0.794. The summed E-state index contributed by atoms with van der Waals surface area (Å²) in [6, 6.07) is 2.93. The fourth-order valence-electron chi connectivity index (χ4n) is 1.73. The van der Waals surface area contributed by atoms with Gasteiger partial charge in [0.2, 0.25) is 0 Å². The highest BCUT2D eigenvalue weighted by atomic mass is 19.3. The van der Waals surface area contributed by atoms with Gasteiger partial charge in [0.25, 0.3) is 0 Å². The van der Waals surface area contributed by atoms with E-state index in [2.05, 4.69) is 4.74 Å². The molecule has 1 aliphatic rings. The Balaban J connectivity index is 2.43. The normalized spacial score (nSPS) is 22.8. The lowest BCUT2D eigenvalue weighted by Crippen LogP contribution is -2.49. The van der Waals surface area contributed by atoms with E-state index < -0.39 is 24.7 Å². The predicted molar refractivity (Wildman–Crippen MR) is 55.0 cm³/mol. The number of alkyl halides is 2. The van der Waals surface area contributed by atoms with Crippen LogP contribution in [0, 0.1) is 6.92 Å². The first-order chi connectivity index (χ1) is 7.92. The smallest absolute Gasteiger partial charge is 0.408 e. The number of cyclic esters (lactones) is 1. The number of benzene rings is 1. The molecule has 1 heterocycles. The molecule has 1 amide bonds. The maximum absolute atomic E-state index is 13.6. The van der Waals surface area contributed by atoms with Crippen molar-refractivity contribution in [2.75, 3.05) is 6.61 Å². The molecule has 0 bridgehead atoms. The first-order valence-corrected chi connectivity index (χ1v) is 5.01. The zero-order valence-electron chi connectivity index (χ0n) is 9.04. The predicted octanol–water partition coefficient (Wildman–Crippen LogP) is 2.12. The number of phenolic OH excluding ortho intramolecular Hbond substituents is 1. The van der Waals surface area contributed by atoms with Crippen molar-refractivity contribution < 1.29 is 23.4 Å². The molecule has 1 aromatic carbocycles. The minimum absolute atomic E-state index is 0.00773. The molecule has 0 spiro atoms. The summed E-state index contributed by atoms with van der Waals surface area (Å²) in [7, 11) is 0. The number of halogens is 2. The summed E-state index contributed by atoms with van der Waals surface area (Å²) in [4.78, 5) is 11.0. The summed E-state index contributed by atoms with van der Waals surface area (Å²) in [6.45, 7) is 0.606. The van der Waals surface area contributed by atoms with Crippen LogP contribution < -0.4 is 5.32 Å². The molecule has 1 fully saturated rings. The van der Waals surface area contributed by atoms with Crippen LogP contribution in [0.25, 0.3) is 0 Å². The molecule has 1 saturated heterocycles. The van der Waals surface area contributed by atoms with E-state index in [1.807, 2.05) is 5.32 Å². The van der Waals surface area contributed by atoms with Crippen LogP contribution in [0.2, 0.25) is 0 Å². The number of amides is 1. The maximum atomic E-state index is 13.6. The van der Waals surface area contributed by atoms with Crippen LogP contribution in [-0.4, -0.2) is 23.7 Å². The van der Waals surface area contributed by atoms with E-state index in [0.717, 1.165) is 0 Å². The molecule has 0 unspecified atom stereocenters. The van der Waals surface area contributed by atoms with Crippen molar-refractivity contribution in [3.63, 3.8) is 0 Å². The number of hydrogen-bond acceptors (Lipinski definition) is 3. The van der Waals surface area contributed by atoms with Gasteiger partial charge in [-0.2, -0.15) is 0 Å². The second kappa shape index (κ2) is 3.87. The summed E-state index contributed by atoms with van der Waals surface area (Å²) < 4.78 is 31.4. The Bertz CT molecular complexity index is 462. The SMILES string of the molecule is Cc1cccc([C@@H]2NC(=O)OCC2(F)F)c1O. The van der Waals surface area contributed by atoms with Crippen LogP contribution >= 0.6 is 0 Å². The topological polar surface area (TPSA) is 58.6 Å². The first kappa shape index (κ1) is 11.6. The Morgan fingerprint density at radius 1 is 1.53 bits per heavy atom. The van der Waals surface area contributed by atoms with Gasteiger partial charge in [0.1, 0.15) is 11.8 Å². The van der Waals surface area contributed by atoms with Gasteiger partial charge in [-0.25, -0.2) is 13.6 Å². The Labute approximate surface area is 96.2 Å². The highest BCUT2D eigenvalue weighted by Crippen LogP contribution is 2.39. The lowest BCUT2D eigenvalue weighted by molar-refractivity contribution is -0.104. The van der Waals surface area contributed by atoms with Crippen molar-refractivity contribution in [2.24, 2.45) is 0 Å². The van der Waals surface area contributed by atoms with E-state index in [4.69, 9.17) is 0 Å². The fourth-order valence-corrected chi connectivity index (χ4v) is 1.73. The molecule has 6 heteroatoms. The van der Waals surface area contributed by atoms with E-state index in [9.17, 15) is 18.7 Å². The molecular formula is C11H11F2NO3. The largest absolute Gasteiger partial charge is 0.507 e. The Kier molecular flexibility index (Phi) is 2.65. The second-order valence-electron chi connectivity index (χ2n) is 3.93. The molecule has 17 heavy (non-hydrogen) atoms. The van der Waals surface area contributed by atoms with Crippen LogP contribution in [0.15, 0.2) is 18.2 Å². The highest BCUT2D eigenvalue weighted by Gasteiger charge is 2.47. The van der Waals surface area contributed by atoms with Crippen molar-refractivity contribution in [3.8, 4) is 5.75 Å². The van der Waals surface area contributed by atoms with Crippen molar-refractivity contribution in [1.29, 1.82) is 0 Å². The number of aryl methyl sites for hydroxylation is 1. The summed E-state index contributed by atoms with van der Waals surface area (Å²) in [5.41, 5.74) is 0.464. The van der Waals surface area contributed by atoms with Crippen molar-refractivity contribution in [3.05, 3.63) is 29.3 Å². The van der Waals surface area contributed by atoms with E-state index >= 15 is 0 Å². The van der Waals surface area contributed by atoms with E-state index in [1.54, 1.807) is 19.1 Å². The van der Waals surface area contributed by atoms with Gasteiger partial charge < -0.3 is 15.2 Å². The molecule has 0 radical (unpaired) electrons. The number of ether oxygens (including phenoxy) is 1. The van der Waals surface area contributed by atoms with E-state index in [-0.39, 0.29) is 11.3 Å². The van der Waals surface area contributed by atoms with Crippen LogP contribution in [0.5, 0.6) is 5.75 Å². The van der Waals surface area contributed by atoms with Crippen molar-refractivity contribution >= 4 is 6.09 Å². The van der Waals surface area contributed by atoms with Gasteiger partial charge in [0.05, 0.1) is 0 Å². The standard InChI is InChI=1S/C11H11F2NO3/c1-6-3-2-4-7(8(6)15)9-11(12,13)5-17-10(16)14-9/h2-4,9,15H,5H2,1H3,(H,14,16)/t9-/m0/s1. The third kappa shape index (κ3) is 2.02. The van der Waals surface area contributed by atoms with Gasteiger partial charge in [-0.1, -0.05) is 18.2 Å². The first-order valence-electron chi connectivity index (χ1n) is 5.01. The summed E-state index contributed by atoms with van der Waals surface area (Å²) in [5, 5.41) is 11.8. The minimum Gasteiger partial charge on any atom is -0.507 e. The van der Waals surface area contributed by atoms with Gasteiger partial charge in [-0.05, 0) is 12.5 Å². The molecular weight excluding hydrogens is 232 g/mol. The van der Waals surface area contributed by atoms with Crippen LogP contribution in [-0.2, 0) is 4.74 Å². The molecule has 0 saturated carbocycles. The van der Waals surface area contributed by atoms with Gasteiger partial charge in [-0.15, -0.1) is 0 Å². The maximum Gasteiger partial charge on any atom is 0.408 e. The van der Waals surface area contributed by atoms with Gasteiger partial charge in [-0.3, -0.25) is 0 Å². The Morgan fingerprint density at radius 2 is 2.24 bits per heavy atom. The number of rotatable bonds is 1. The molecule has 0 aliphatic carbocycles. The van der Waals surface area contributed by atoms with E-state index in [1.165, 1.54) is 6.07 Å². The lowest BCUT2D eigenvalue weighted by Gasteiger charge is -2.32. The van der Waals surface area contributed by atoms with Crippen LogP contribution in [0.3, 0.4) is 0 Å². The van der Waals surface area contributed by atoms with Crippen molar-refractivity contribution in [1.82, 2.24) is 5.32 Å². The molecule has 92 valence electrons. The average Bonchev–Trinajstić information content (AvgIpc) is 2.26. The number of hydrogen-bond donors (Lipinski definition) is 2. The van der Waals surface area contributed by atoms with Crippen molar-refractivity contribution in [2.45, 2.75) is 18.9 Å². The lowest BCUT2D eigenvalue weighted by atomic mass is 9.97. The van der Waals surface area contributed by atoms with E-state index in [0.29, 0.717) is 5.56 Å². The number of para-hydroxylation sites is 1. The van der Waals surface area contributed by atoms with Gasteiger partial charge in [0.15, 0.2) is 6.61 Å². The fraction of sp³-hybridized carbons (Fsp3) is 0.364. The molecule has 1 aromatic rings. The molecule has 2 N–H and O–H groups in total. The zero-order valence-corrected chi connectivity index (χ0v) is 9.04. The second-order valence-corrected chi connectivity index (χ2v) is 3.93. The Hall–Kier alpha value is -1.85. The van der Waals surface area contributed by atoms with Gasteiger partial charge in [0, 0.05) is 5.56 Å². The average molecular weight is 243 g/mol. The number of phenols is 1. The molecule has 4 nitrogen and oxygen atoms in total. The number of alkyl carbamates (subject to hydrolysis) is 1. The third-order valence-corrected chi connectivity index (χ3v) is 2.66. The van der Waals surface area contributed by atoms with Crippen LogP contribution in [0.4, 0.5) is 13.6 Å². The zero-order chi connectivity index (χ0) is 12.6. The minimum atomic E-state index is -3.25. The molecule has 1 aliphatic heterocycles. The molecule has 1 atom stereocenters. The molecule has 2 rings (SSSR count). The van der Waals surface area contributed by atoms with Crippen LogP contribution in [0.1, 0.15) is 17.2 Å². The highest BCUT2D eigenvalue weighted by molar-refractivity contribution is 5.69. The number of carbonyl (C=O) groups excluding carboxylic acids is 1. The number of nitrogens with one attached hydrogen (secondary N) is 1. The number of carbonyl (C=O) groups is 1. The summed E-state index contributed by atoms with van der Waals surface area (Å²) >= 11 is 0. The Morgan fingerprint density at radius 3 is 2.94 bits per heavy atom. The molecule has 0 aromatic heterocycles. The number of aromatic hydroxyl groups is 1. The third-order valence-electron chi connectivity index (χ3n) is 2.66. The van der Waals surface area contributed by atoms with Gasteiger partial charge >= 0.3 is 12.0 Å². The summed E-state index contributed by atoms with van der Waals surface area (Å²) in [6.07, 6.45) is -0.915. The monoisotopic (exact) mass is 243 g/mol. The summed E-state index contributed by atoms with van der Waals surface area (Å²) in [5.74, 6) is -3.49.